The summed E-state index contributed by atoms with van der Waals surface area (Å²) in [5, 5.41) is 19.3. The molecule has 90 valence electrons. The number of aliphatic hydroxyl groups excluding tert-OH is 1. The maximum Gasteiger partial charge on any atom is 0.104 e. The van der Waals surface area contributed by atoms with E-state index in [1.165, 1.54) is 4.88 Å². The second-order valence-corrected chi connectivity index (χ2v) is 4.98. The Morgan fingerprint density at radius 2 is 2.35 bits per heavy atom. The maximum atomic E-state index is 8.73. The monoisotopic (exact) mass is 248 g/mol. The number of nitriles is 1. The Morgan fingerprint density at radius 3 is 3.00 bits per heavy atom. The van der Waals surface area contributed by atoms with E-state index in [4.69, 9.17) is 10.4 Å². The summed E-state index contributed by atoms with van der Waals surface area (Å²) in [6.45, 7) is 3.41. The molecule has 0 spiro atoms. The molecular formula is C13H16N2OS. The molecule has 0 bridgehead atoms. The van der Waals surface area contributed by atoms with Gasteiger partial charge in [-0.2, -0.15) is 5.26 Å². The highest BCUT2D eigenvalue weighted by molar-refractivity contribution is 7.10. The fourth-order valence-electron chi connectivity index (χ4n) is 1.51. The van der Waals surface area contributed by atoms with Gasteiger partial charge in [0.25, 0.3) is 0 Å². The summed E-state index contributed by atoms with van der Waals surface area (Å²) in [5.41, 5.74) is 0.945. The molecule has 3 nitrogen and oxygen atoms in total. The average Bonchev–Trinajstić information content (AvgIpc) is 2.73. The highest BCUT2D eigenvalue weighted by Crippen LogP contribution is 2.16. The van der Waals surface area contributed by atoms with Gasteiger partial charge in [0, 0.05) is 28.9 Å². The standard InChI is InChI=1S/C13H16N2OS/c1-11(7-14)8-15(2)9-13-6-12(10-17-13)4-3-5-16/h6,10-11,16H,5,8-9H2,1-2H3. The molecule has 0 aliphatic heterocycles. The van der Waals surface area contributed by atoms with Crippen LogP contribution in [0.5, 0.6) is 0 Å². The molecule has 0 saturated carbocycles. The van der Waals surface area contributed by atoms with Gasteiger partial charge in [0.05, 0.1) is 12.0 Å². The van der Waals surface area contributed by atoms with Crippen LogP contribution in [0.1, 0.15) is 17.4 Å². The van der Waals surface area contributed by atoms with E-state index in [1.54, 1.807) is 11.3 Å². The lowest BCUT2D eigenvalue weighted by molar-refractivity contribution is 0.305. The normalized spacial score (nSPS) is 11.7. The van der Waals surface area contributed by atoms with Crippen molar-refractivity contribution in [1.82, 2.24) is 4.90 Å². The number of hydrogen-bond donors (Lipinski definition) is 1. The van der Waals surface area contributed by atoms with Crippen LogP contribution in [0.3, 0.4) is 0 Å². The summed E-state index contributed by atoms with van der Waals surface area (Å²) in [7, 11) is 2.01. The number of thiophene rings is 1. The molecule has 0 fully saturated rings. The van der Waals surface area contributed by atoms with Crippen molar-refractivity contribution >= 4 is 11.3 Å². The van der Waals surface area contributed by atoms with Crippen molar-refractivity contribution in [3.63, 3.8) is 0 Å². The molecule has 1 unspecified atom stereocenters. The van der Waals surface area contributed by atoms with E-state index < -0.39 is 0 Å². The molecule has 1 aromatic heterocycles. The van der Waals surface area contributed by atoms with Crippen molar-refractivity contribution in [3.05, 3.63) is 21.9 Å². The first kappa shape index (κ1) is 13.7. The quantitative estimate of drug-likeness (QED) is 0.825. The SMILES string of the molecule is CC(C#N)CN(C)Cc1cc(C#CCO)cs1. The van der Waals surface area contributed by atoms with Crippen LogP contribution in [-0.2, 0) is 6.54 Å². The van der Waals surface area contributed by atoms with Gasteiger partial charge in [-0.25, -0.2) is 0 Å². The molecule has 0 radical (unpaired) electrons. The molecule has 1 heterocycles. The Morgan fingerprint density at radius 1 is 1.59 bits per heavy atom. The molecule has 1 N–H and O–H groups in total. The van der Waals surface area contributed by atoms with Gasteiger partial charge < -0.3 is 10.0 Å². The largest absolute Gasteiger partial charge is 0.384 e. The van der Waals surface area contributed by atoms with Gasteiger partial charge in [-0.3, -0.25) is 0 Å². The molecule has 0 saturated heterocycles. The van der Waals surface area contributed by atoms with Crippen molar-refractivity contribution in [2.75, 3.05) is 20.2 Å². The summed E-state index contributed by atoms with van der Waals surface area (Å²) in [6.07, 6.45) is 0. The lowest BCUT2D eigenvalue weighted by Crippen LogP contribution is -2.22. The van der Waals surface area contributed by atoms with E-state index in [0.717, 1.165) is 18.7 Å². The second-order valence-electron chi connectivity index (χ2n) is 3.99. The van der Waals surface area contributed by atoms with Crippen LogP contribution in [0, 0.1) is 29.1 Å². The van der Waals surface area contributed by atoms with Gasteiger partial charge in [0.1, 0.15) is 6.61 Å². The highest BCUT2D eigenvalue weighted by atomic mass is 32.1. The van der Waals surface area contributed by atoms with E-state index >= 15 is 0 Å². The van der Waals surface area contributed by atoms with E-state index in [0.29, 0.717) is 0 Å². The predicted molar refractivity (Wildman–Crippen MR) is 69.4 cm³/mol. The van der Waals surface area contributed by atoms with Crippen LogP contribution < -0.4 is 0 Å². The third-order valence-electron chi connectivity index (χ3n) is 2.20. The molecule has 0 aliphatic carbocycles. The summed E-state index contributed by atoms with van der Waals surface area (Å²) in [6, 6.07) is 4.25. The lowest BCUT2D eigenvalue weighted by atomic mass is 10.2. The molecule has 0 aliphatic rings. The minimum absolute atomic E-state index is 0.0496. The van der Waals surface area contributed by atoms with Crippen LogP contribution in [0.2, 0.25) is 0 Å². The third kappa shape index (κ3) is 5.01. The van der Waals surface area contributed by atoms with Gasteiger partial charge in [0.15, 0.2) is 0 Å². The molecule has 4 heteroatoms. The summed E-state index contributed by atoms with van der Waals surface area (Å²) < 4.78 is 0. The van der Waals surface area contributed by atoms with Crippen molar-refractivity contribution in [1.29, 1.82) is 5.26 Å². The zero-order valence-electron chi connectivity index (χ0n) is 10.1. The maximum absolute atomic E-state index is 8.73. The van der Waals surface area contributed by atoms with Crippen molar-refractivity contribution < 1.29 is 5.11 Å². The zero-order valence-corrected chi connectivity index (χ0v) is 10.9. The Labute approximate surface area is 106 Å². The smallest absolute Gasteiger partial charge is 0.104 e. The van der Waals surface area contributed by atoms with Crippen LogP contribution in [-0.4, -0.2) is 30.2 Å². The molecule has 0 aromatic carbocycles. The first-order valence-corrected chi connectivity index (χ1v) is 6.29. The van der Waals surface area contributed by atoms with Gasteiger partial charge in [-0.1, -0.05) is 11.8 Å². The number of nitrogens with zero attached hydrogens (tertiary/aromatic N) is 2. The fraction of sp³-hybridized carbons (Fsp3) is 0.462. The van der Waals surface area contributed by atoms with Crippen LogP contribution in [0.4, 0.5) is 0 Å². The molecule has 1 atom stereocenters. The Kier molecular flexibility index (Phi) is 5.72. The topological polar surface area (TPSA) is 47.3 Å². The first-order valence-electron chi connectivity index (χ1n) is 5.41. The van der Waals surface area contributed by atoms with Crippen LogP contribution in [0.25, 0.3) is 0 Å². The zero-order chi connectivity index (χ0) is 12.7. The first-order chi connectivity index (χ1) is 8.15. The summed E-state index contributed by atoms with van der Waals surface area (Å²) >= 11 is 1.65. The molecule has 1 rings (SSSR count). The summed E-state index contributed by atoms with van der Waals surface area (Å²) in [5.74, 6) is 5.56. The Bertz CT molecular complexity index is 450. The Hall–Kier alpha value is -1.33. The minimum Gasteiger partial charge on any atom is -0.384 e. The molecule has 17 heavy (non-hydrogen) atoms. The van der Waals surface area contributed by atoms with Gasteiger partial charge in [0.2, 0.25) is 0 Å². The van der Waals surface area contributed by atoms with Gasteiger partial charge in [-0.15, -0.1) is 11.3 Å². The van der Waals surface area contributed by atoms with Crippen LogP contribution in [0.15, 0.2) is 11.4 Å². The van der Waals surface area contributed by atoms with Crippen molar-refractivity contribution in [2.45, 2.75) is 13.5 Å². The number of aliphatic hydroxyl groups is 1. The van der Waals surface area contributed by atoms with E-state index in [2.05, 4.69) is 22.8 Å². The minimum atomic E-state index is -0.106. The summed E-state index contributed by atoms with van der Waals surface area (Å²) in [4.78, 5) is 3.35. The predicted octanol–water partition coefficient (Wildman–Crippen LogP) is 1.68. The van der Waals surface area contributed by atoms with E-state index in [-0.39, 0.29) is 12.5 Å². The van der Waals surface area contributed by atoms with Crippen LogP contribution >= 0.6 is 11.3 Å². The number of rotatable bonds is 4. The second kappa shape index (κ2) is 7.09. The lowest BCUT2D eigenvalue weighted by Gasteiger charge is -2.16. The molecular weight excluding hydrogens is 232 g/mol. The number of hydrogen-bond acceptors (Lipinski definition) is 4. The molecule has 1 aromatic rings. The van der Waals surface area contributed by atoms with Crippen molar-refractivity contribution in [3.8, 4) is 17.9 Å². The highest BCUT2D eigenvalue weighted by Gasteiger charge is 2.07. The van der Waals surface area contributed by atoms with Gasteiger partial charge in [-0.05, 0) is 20.0 Å². The molecule has 0 amide bonds. The van der Waals surface area contributed by atoms with Crippen molar-refractivity contribution in [2.24, 2.45) is 5.92 Å². The van der Waals surface area contributed by atoms with E-state index in [1.807, 2.05) is 25.4 Å². The van der Waals surface area contributed by atoms with E-state index in [9.17, 15) is 0 Å². The average molecular weight is 248 g/mol. The third-order valence-corrected chi connectivity index (χ3v) is 3.12. The van der Waals surface area contributed by atoms with Gasteiger partial charge >= 0.3 is 0 Å². The Balaban J connectivity index is 2.52. The fourth-order valence-corrected chi connectivity index (χ4v) is 2.40.